The molecule has 0 aromatic heterocycles. The van der Waals surface area contributed by atoms with Gasteiger partial charge in [0.1, 0.15) is 0 Å². The molecule has 164 valence electrons. The Balaban J connectivity index is 1.83. The average Bonchev–Trinajstić information content (AvgIpc) is 3.13. The Hall–Kier alpha value is -3.75. The number of primary amides is 1. The standard InChI is InChI=1S/C22H26N4O5/c1-30-18-7-3-5-13(20(18)27)11-24-16-9-15(26-22(23)29)10-17(16)25-12-14-6-4-8-19(31-2)21(14)28/h3-8,11-12,15-17,27-28H,9-10H2,1-2H3,(H3,23,26,29)/t15?,16-,17+. The highest BCUT2D eigenvalue weighted by Crippen LogP contribution is 2.31. The van der Waals surface area contributed by atoms with Gasteiger partial charge in [0, 0.05) is 29.6 Å². The first-order valence-corrected chi connectivity index (χ1v) is 9.77. The van der Waals surface area contributed by atoms with Crippen LogP contribution in [0.3, 0.4) is 0 Å². The maximum Gasteiger partial charge on any atom is 0.312 e. The highest BCUT2D eigenvalue weighted by atomic mass is 16.5. The zero-order chi connectivity index (χ0) is 22.4. The molecule has 1 aliphatic carbocycles. The van der Waals surface area contributed by atoms with E-state index in [1.165, 1.54) is 14.2 Å². The summed E-state index contributed by atoms with van der Waals surface area (Å²) in [6.07, 6.45) is 4.22. The second-order valence-electron chi connectivity index (χ2n) is 7.16. The van der Waals surface area contributed by atoms with Crippen molar-refractivity contribution < 1.29 is 24.5 Å². The number of ether oxygens (including phenoxy) is 2. The topological polar surface area (TPSA) is 139 Å². The van der Waals surface area contributed by atoms with E-state index in [2.05, 4.69) is 15.3 Å². The van der Waals surface area contributed by atoms with Crippen molar-refractivity contribution in [2.45, 2.75) is 31.0 Å². The number of carbonyl (C=O) groups excluding carboxylic acids is 1. The van der Waals surface area contributed by atoms with Gasteiger partial charge in [0.15, 0.2) is 23.0 Å². The fourth-order valence-corrected chi connectivity index (χ4v) is 3.60. The summed E-state index contributed by atoms with van der Waals surface area (Å²) in [7, 11) is 2.96. The quantitative estimate of drug-likeness (QED) is 0.503. The number of rotatable bonds is 7. The van der Waals surface area contributed by atoms with Crippen LogP contribution < -0.4 is 20.5 Å². The molecule has 0 radical (unpaired) electrons. The first-order chi connectivity index (χ1) is 14.9. The fourth-order valence-electron chi connectivity index (χ4n) is 3.60. The molecule has 0 aliphatic heterocycles. The largest absolute Gasteiger partial charge is 0.504 e. The lowest BCUT2D eigenvalue weighted by molar-refractivity contribution is 0.245. The summed E-state index contributed by atoms with van der Waals surface area (Å²) in [5.74, 6) is 0.707. The van der Waals surface area contributed by atoms with Crippen LogP contribution in [0.15, 0.2) is 46.4 Å². The van der Waals surface area contributed by atoms with Gasteiger partial charge in [-0.3, -0.25) is 9.98 Å². The molecule has 2 aromatic rings. The van der Waals surface area contributed by atoms with Crippen LogP contribution in [0.1, 0.15) is 24.0 Å². The molecule has 2 aromatic carbocycles. The highest BCUT2D eigenvalue weighted by molar-refractivity contribution is 5.86. The Morgan fingerprint density at radius 1 is 0.968 bits per heavy atom. The maximum atomic E-state index is 11.3. The molecule has 5 N–H and O–H groups in total. The van der Waals surface area contributed by atoms with Gasteiger partial charge < -0.3 is 30.7 Å². The minimum Gasteiger partial charge on any atom is -0.504 e. The number of methoxy groups -OCH3 is 2. The predicted molar refractivity (Wildman–Crippen MR) is 118 cm³/mol. The number of phenols is 2. The molecule has 2 amide bonds. The molecule has 3 atom stereocenters. The van der Waals surface area contributed by atoms with Crippen molar-refractivity contribution in [1.29, 1.82) is 0 Å². The lowest BCUT2D eigenvalue weighted by Gasteiger charge is -2.12. The first kappa shape index (κ1) is 21.9. The van der Waals surface area contributed by atoms with E-state index in [9.17, 15) is 15.0 Å². The minimum absolute atomic E-state index is 0.0000814. The molecule has 1 saturated carbocycles. The van der Waals surface area contributed by atoms with Gasteiger partial charge in [-0.25, -0.2) is 4.79 Å². The van der Waals surface area contributed by atoms with Gasteiger partial charge in [-0.2, -0.15) is 0 Å². The molecule has 1 unspecified atom stereocenters. The number of aliphatic imine (C=N–C) groups is 2. The van der Waals surface area contributed by atoms with E-state index in [0.717, 1.165) is 0 Å². The van der Waals surface area contributed by atoms with Crippen molar-refractivity contribution in [2.75, 3.05) is 14.2 Å². The predicted octanol–water partition coefficient (Wildman–Crippen LogP) is 2.22. The number of para-hydroxylation sites is 2. The van der Waals surface area contributed by atoms with Crippen molar-refractivity contribution in [3.05, 3.63) is 47.5 Å². The SMILES string of the molecule is COc1cccc(C=N[C@H]2CC(NC(N)=O)C[C@H]2N=Cc2cccc(OC)c2O)c1O. The Morgan fingerprint density at radius 3 is 1.81 bits per heavy atom. The number of amides is 2. The average molecular weight is 426 g/mol. The van der Waals surface area contributed by atoms with Crippen LogP contribution in [-0.2, 0) is 0 Å². The number of nitrogens with zero attached hydrogens (tertiary/aromatic N) is 2. The second-order valence-corrected chi connectivity index (χ2v) is 7.16. The van der Waals surface area contributed by atoms with Gasteiger partial charge in [0.25, 0.3) is 0 Å². The number of hydrogen-bond acceptors (Lipinski definition) is 7. The van der Waals surface area contributed by atoms with Crippen molar-refractivity contribution >= 4 is 18.5 Å². The van der Waals surface area contributed by atoms with Crippen LogP contribution >= 0.6 is 0 Å². The number of urea groups is 1. The normalized spacial score (nSPS) is 20.9. The van der Waals surface area contributed by atoms with Gasteiger partial charge >= 0.3 is 6.03 Å². The molecule has 0 spiro atoms. The molecule has 3 rings (SSSR count). The first-order valence-electron chi connectivity index (χ1n) is 9.77. The van der Waals surface area contributed by atoms with Gasteiger partial charge in [-0.15, -0.1) is 0 Å². The number of benzene rings is 2. The van der Waals surface area contributed by atoms with Crippen molar-refractivity contribution in [1.82, 2.24) is 5.32 Å². The van der Waals surface area contributed by atoms with Crippen molar-refractivity contribution in [3.63, 3.8) is 0 Å². The summed E-state index contributed by atoms with van der Waals surface area (Å²) >= 11 is 0. The summed E-state index contributed by atoms with van der Waals surface area (Å²) in [4.78, 5) is 20.5. The second kappa shape index (κ2) is 9.84. The maximum absolute atomic E-state index is 11.3. The zero-order valence-electron chi connectivity index (χ0n) is 17.4. The molecule has 1 aliphatic rings. The zero-order valence-corrected chi connectivity index (χ0v) is 17.4. The smallest absolute Gasteiger partial charge is 0.312 e. The van der Waals surface area contributed by atoms with Gasteiger partial charge in [0.05, 0.1) is 26.3 Å². The van der Waals surface area contributed by atoms with Gasteiger partial charge in [0.2, 0.25) is 0 Å². The molecule has 9 nitrogen and oxygen atoms in total. The molecule has 31 heavy (non-hydrogen) atoms. The molecule has 0 heterocycles. The van der Waals surface area contributed by atoms with Gasteiger partial charge in [-0.1, -0.05) is 12.1 Å². The van der Waals surface area contributed by atoms with Crippen LogP contribution in [0.25, 0.3) is 0 Å². The van der Waals surface area contributed by atoms with E-state index in [1.54, 1.807) is 48.8 Å². The van der Waals surface area contributed by atoms with E-state index in [1.807, 2.05) is 0 Å². The molecular weight excluding hydrogens is 400 g/mol. The molecule has 0 saturated heterocycles. The molecular formula is C22H26N4O5. The summed E-state index contributed by atoms with van der Waals surface area (Å²) < 4.78 is 10.3. The Morgan fingerprint density at radius 2 is 1.42 bits per heavy atom. The van der Waals surface area contributed by atoms with E-state index in [4.69, 9.17) is 15.2 Å². The highest BCUT2D eigenvalue weighted by Gasteiger charge is 2.34. The van der Waals surface area contributed by atoms with Crippen LogP contribution in [0.5, 0.6) is 23.0 Å². The lowest BCUT2D eigenvalue weighted by atomic mass is 10.1. The lowest BCUT2D eigenvalue weighted by Crippen LogP contribution is -2.37. The summed E-state index contributed by atoms with van der Waals surface area (Å²) in [6.45, 7) is 0. The van der Waals surface area contributed by atoms with E-state index >= 15 is 0 Å². The van der Waals surface area contributed by atoms with E-state index in [0.29, 0.717) is 35.5 Å². The van der Waals surface area contributed by atoms with Crippen LogP contribution in [0.4, 0.5) is 4.79 Å². The number of phenolic OH excluding ortho intramolecular Hbond substituents is 2. The molecule has 0 bridgehead atoms. The van der Waals surface area contributed by atoms with Crippen LogP contribution in [0, 0.1) is 0 Å². The molecule has 9 heteroatoms. The summed E-state index contributed by atoms with van der Waals surface area (Å²) in [5, 5.41) is 23.3. The van der Waals surface area contributed by atoms with Crippen molar-refractivity contribution in [3.8, 4) is 23.0 Å². The number of hydrogen-bond donors (Lipinski definition) is 4. The van der Waals surface area contributed by atoms with E-state index in [-0.39, 0.29) is 29.6 Å². The molecule has 1 fully saturated rings. The third kappa shape index (κ3) is 5.25. The van der Waals surface area contributed by atoms with Crippen LogP contribution in [-0.4, -0.2) is 61.0 Å². The fraction of sp³-hybridized carbons (Fsp3) is 0.318. The number of nitrogens with two attached hydrogens (primary N) is 1. The third-order valence-electron chi connectivity index (χ3n) is 5.15. The number of carbonyl (C=O) groups is 1. The summed E-state index contributed by atoms with van der Waals surface area (Å²) in [6, 6.07) is 8.97. The van der Waals surface area contributed by atoms with Gasteiger partial charge in [-0.05, 0) is 37.1 Å². The number of nitrogens with one attached hydrogen (secondary N) is 1. The van der Waals surface area contributed by atoms with E-state index < -0.39 is 6.03 Å². The van der Waals surface area contributed by atoms with Crippen molar-refractivity contribution in [2.24, 2.45) is 15.7 Å². The minimum atomic E-state index is -0.603. The van der Waals surface area contributed by atoms with Crippen LogP contribution in [0.2, 0.25) is 0 Å². The Bertz CT molecular complexity index is 920. The third-order valence-corrected chi connectivity index (χ3v) is 5.15. The Labute approximate surface area is 180 Å². The monoisotopic (exact) mass is 426 g/mol. The number of aromatic hydroxyl groups is 2. The summed E-state index contributed by atoms with van der Waals surface area (Å²) in [5.41, 5.74) is 6.30. The Kier molecular flexibility index (Phi) is 6.96.